The van der Waals surface area contributed by atoms with Crippen molar-refractivity contribution in [1.82, 2.24) is 0 Å². The Hall–Kier alpha value is -1.76. The summed E-state index contributed by atoms with van der Waals surface area (Å²) in [6, 6.07) is 14.3. The Bertz CT molecular complexity index is 665. The monoisotopic (exact) mass is 302 g/mol. The van der Waals surface area contributed by atoms with Gasteiger partial charge in [0, 0.05) is 36.2 Å². The largest absolute Gasteiger partial charge is 0.396 e. The van der Waals surface area contributed by atoms with E-state index in [0.29, 0.717) is 5.92 Å². The van der Waals surface area contributed by atoms with E-state index in [1.165, 1.54) is 5.69 Å². The first-order chi connectivity index (χ1) is 9.83. The van der Waals surface area contributed by atoms with Gasteiger partial charge in [-0.2, -0.15) is 5.26 Å². The SMILES string of the molecule is Cl.N#Cc1ccc(N2CCCC(CO)C2)c2ccccc12. The number of anilines is 1. The lowest BCUT2D eigenvalue weighted by atomic mass is 9.96. The molecule has 3 nitrogen and oxygen atoms in total. The van der Waals surface area contributed by atoms with Crippen molar-refractivity contribution in [2.75, 3.05) is 24.6 Å². The lowest BCUT2D eigenvalue weighted by Crippen LogP contribution is -2.36. The second kappa shape index (κ2) is 6.80. The van der Waals surface area contributed by atoms with Gasteiger partial charge in [0.05, 0.1) is 11.6 Å². The first kappa shape index (κ1) is 15.6. The molecule has 1 fully saturated rings. The van der Waals surface area contributed by atoms with Crippen LogP contribution in [0.15, 0.2) is 36.4 Å². The number of rotatable bonds is 2. The molecular formula is C17H19ClN2O. The summed E-state index contributed by atoms with van der Waals surface area (Å²) < 4.78 is 0. The normalized spacial score (nSPS) is 18.1. The first-order valence-electron chi connectivity index (χ1n) is 7.11. The maximum absolute atomic E-state index is 9.38. The number of hydrogen-bond acceptors (Lipinski definition) is 3. The molecule has 110 valence electrons. The first-order valence-corrected chi connectivity index (χ1v) is 7.11. The van der Waals surface area contributed by atoms with Crippen molar-refractivity contribution < 1.29 is 5.11 Å². The van der Waals surface area contributed by atoms with Crippen LogP contribution >= 0.6 is 12.4 Å². The second-order valence-corrected chi connectivity index (χ2v) is 5.43. The van der Waals surface area contributed by atoms with Crippen molar-refractivity contribution >= 4 is 28.9 Å². The molecule has 1 N–H and O–H groups in total. The summed E-state index contributed by atoms with van der Waals surface area (Å²) in [6.45, 7) is 2.17. The minimum atomic E-state index is 0. The van der Waals surface area contributed by atoms with Crippen molar-refractivity contribution in [3.05, 3.63) is 42.0 Å². The fourth-order valence-corrected chi connectivity index (χ4v) is 3.09. The van der Waals surface area contributed by atoms with Gasteiger partial charge in [-0.25, -0.2) is 0 Å². The van der Waals surface area contributed by atoms with Crippen LogP contribution in [0.3, 0.4) is 0 Å². The van der Waals surface area contributed by atoms with Crippen molar-refractivity contribution in [1.29, 1.82) is 5.26 Å². The topological polar surface area (TPSA) is 47.3 Å². The van der Waals surface area contributed by atoms with Gasteiger partial charge in [-0.15, -0.1) is 12.4 Å². The summed E-state index contributed by atoms with van der Waals surface area (Å²) >= 11 is 0. The number of nitriles is 1. The van der Waals surface area contributed by atoms with Crippen molar-refractivity contribution in [3.8, 4) is 6.07 Å². The fraction of sp³-hybridized carbons (Fsp3) is 0.353. The molecule has 0 aliphatic carbocycles. The minimum Gasteiger partial charge on any atom is -0.396 e. The highest BCUT2D eigenvalue weighted by atomic mass is 35.5. The molecule has 1 aliphatic rings. The van der Waals surface area contributed by atoms with E-state index in [-0.39, 0.29) is 19.0 Å². The molecule has 3 rings (SSSR count). The van der Waals surface area contributed by atoms with Gasteiger partial charge in [0.1, 0.15) is 0 Å². The van der Waals surface area contributed by atoms with Gasteiger partial charge >= 0.3 is 0 Å². The predicted octanol–water partition coefficient (Wildman–Crippen LogP) is 3.34. The molecular weight excluding hydrogens is 284 g/mol. The standard InChI is InChI=1S/C17H18N2O.ClH/c18-10-14-7-8-17(16-6-2-1-5-15(14)16)19-9-3-4-13(11-19)12-20;/h1-2,5-8,13,20H,3-4,9,11-12H2;1H. The molecule has 0 aromatic heterocycles. The summed E-state index contributed by atoms with van der Waals surface area (Å²) in [5, 5.41) is 20.7. The predicted molar refractivity (Wildman–Crippen MR) is 87.9 cm³/mol. The Morgan fingerprint density at radius 1 is 1.19 bits per heavy atom. The van der Waals surface area contributed by atoms with Crippen LogP contribution in [0.4, 0.5) is 5.69 Å². The molecule has 0 amide bonds. The number of hydrogen-bond donors (Lipinski definition) is 1. The van der Waals surface area contributed by atoms with Crippen LogP contribution in [0.25, 0.3) is 10.8 Å². The van der Waals surface area contributed by atoms with Gasteiger partial charge in [0.15, 0.2) is 0 Å². The average molecular weight is 303 g/mol. The zero-order valence-corrected chi connectivity index (χ0v) is 12.6. The number of aliphatic hydroxyl groups excluding tert-OH is 1. The van der Waals surface area contributed by atoms with Gasteiger partial charge < -0.3 is 10.0 Å². The van der Waals surface area contributed by atoms with E-state index in [2.05, 4.69) is 17.0 Å². The molecule has 1 aliphatic heterocycles. The minimum absolute atomic E-state index is 0. The fourth-order valence-electron chi connectivity index (χ4n) is 3.09. The highest BCUT2D eigenvalue weighted by Gasteiger charge is 2.21. The highest BCUT2D eigenvalue weighted by molar-refractivity contribution is 5.97. The molecule has 0 bridgehead atoms. The van der Waals surface area contributed by atoms with Crippen molar-refractivity contribution in [3.63, 3.8) is 0 Å². The smallest absolute Gasteiger partial charge is 0.0998 e. The summed E-state index contributed by atoms with van der Waals surface area (Å²) in [5.74, 6) is 0.359. The number of aliphatic hydroxyl groups is 1. The van der Waals surface area contributed by atoms with Crippen LogP contribution in [-0.4, -0.2) is 24.8 Å². The van der Waals surface area contributed by atoms with Gasteiger partial charge in [-0.1, -0.05) is 24.3 Å². The summed E-state index contributed by atoms with van der Waals surface area (Å²) in [4.78, 5) is 2.34. The summed E-state index contributed by atoms with van der Waals surface area (Å²) in [5.41, 5.74) is 1.90. The lowest BCUT2D eigenvalue weighted by Gasteiger charge is -2.34. The maximum Gasteiger partial charge on any atom is 0.0998 e. The molecule has 2 aromatic rings. The van der Waals surface area contributed by atoms with Crippen LogP contribution < -0.4 is 4.90 Å². The average Bonchev–Trinajstić information content (AvgIpc) is 2.54. The molecule has 0 spiro atoms. The summed E-state index contributed by atoms with van der Waals surface area (Å²) in [7, 11) is 0. The van der Waals surface area contributed by atoms with Gasteiger partial charge in [-0.3, -0.25) is 0 Å². The molecule has 1 unspecified atom stereocenters. The van der Waals surface area contributed by atoms with E-state index in [9.17, 15) is 10.4 Å². The van der Waals surface area contributed by atoms with Crippen LogP contribution in [-0.2, 0) is 0 Å². The quantitative estimate of drug-likeness (QED) is 0.925. The number of halogens is 1. The van der Waals surface area contributed by atoms with E-state index < -0.39 is 0 Å². The molecule has 4 heteroatoms. The van der Waals surface area contributed by atoms with Gasteiger partial charge in [0.25, 0.3) is 0 Å². The van der Waals surface area contributed by atoms with E-state index in [0.717, 1.165) is 42.3 Å². The Morgan fingerprint density at radius 2 is 1.95 bits per heavy atom. The molecule has 0 radical (unpaired) electrons. The van der Waals surface area contributed by atoms with Crippen LogP contribution in [0.2, 0.25) is 0 Å². The van der Waals surface area contributed by atoms with E-state index in [4.69, 9.17) is 0 Å². The molecule has 2 aromatic carbocycles. The zero-order valence-electron chi connectivity index (χ0n) is 11.8. The third-order valence-corrected chi connectivity index (χ3v) is 4.14. The summed E-state index contributed by atoms with van der Waals surface area (Å²) in [6.07, 6.45) is 2.21. The maximum atomic E-state index is 9.38. The molecule has 21 heavy (non-hydrogen) atoms. The molecule has 0 saturated carbocycles. The zero-order chi connectivity index (χ0) is 13.9. The molecule has 1 saturated heterocycles. The number of fused-ring (bicyclic) bond motifs is 1. The Balaban J connectivity index is 0.00000161. The van der Waals surface area contributed by atoms with Crippen LogP contribution in [0.5, 0.6) is 0 Å². The van der Waals surface area contributed by atoms with E-state index in [1.54, 1.807) is 0 Å². The van der Waals surface area contributed by atoms with Crippen molar-refractivity contribution in [2.24, 2.45) is 5.92 Å². The third kappa shape index (κ3) is 2.97. The molecule has 1 heterocycles. The Morgan fingerprint density at radius 3 is 2.67 bits per heavy atom. The Kier molecular flexibility index (Phi) is 5.06. The van der Waals surface area contributed by atoms with Crippen LogP contribution in [0, 0.1) is 17.2 Å². The highest BCUT2D eigenvalue weighted by Crippen LogP contribution is 2.32. The number of piperidine rings is 1. The van der Waals surface area contributed by atoms with Gasteiger partial charge in [0.2, 0.25) is 0 Å². The third-order valence-electron chi connectivity index (χ3n) is 4.14. The van der Waals surface area contributed by atoms with Crippen molar-refractivity contribution in [2.45, 2.75) is 12.8 Å². The Labute approximate surface area is 131 Å². The van der Waals surface area contributed by atoms with Gasteiger partial charge in [-0.05, 0) is 30.9 Å². The number of benzene rings is 2. The van der Waals surface area contributed by atoms with Crippen LogP contribution in [0.1, 0.15) is 18.4 Å². The van der Waals surface area contributed by atoms with E-state index >= 15 is 0 Å². The molecule has 1 atom stereocenters. The second-order valence-electron chi connectivity index (χ2n) is 5.43. The van der Waals surface area contributed by atoms with E-state index in [1.807, 2.05) is 30.3 Å². The lowest BCUT2D eigenvalue weighted by molar-refractivity contribution is 0.209. The number of nitrogens with zero attached hydrogens (tertiary/aromatic N) is 2.